The number of hydrogen-bond acceptors (Lipinski definition) is 18. The van der Waals surface area contributed by atoms with Gasteiger partial charge in [0, 0.05) is 37.5 Å². The average Bonchev–Trinajstić information content (AvgIpc) is 1.29. The van der Waals surface area contributed by atoms with Gasteiger partial charge in [-0.2, -0.15) is 0 Å². The van der Waals surface area contributed by atoms with Gasteiger partial charge >= 0.3 is 11.9 Å². The minimum Gasteiger partial charge on any atom is -0.481 e. The number of piperidine rings is 1. The lowest BCUT2D eigenvalue weighted by molar-refractivity contribution is -0.150. The first-order valence-corrected chi connectivity index (χ1v) is 34.1. The number of Topliss-reactive ketones (excluding diaryl/α,β-unsaturated/α-hetero) is 2. The summed E-state index contributed by atoms with van der Waals surface area (Å²) in [6.07, 6.45) is 0.283. The first-order chi connectivity index (χ1) is 48.3. The van der Waals surface area contributed by atoms with Crippen molar-refractivity contribution in [3.63, 3.8) is 0 Å². The molecule has 0 radical (unpaired) electrons. The Balaban J connectivity index is 1.31. The van der Waals surface area contributed by atoms with Crippen molar-refractivity contribution < 1.29 is 91.7 Å². The maximum atomic E-state index is 15.5. The van der Waals surface area contributed by atoms with Crippen LogP contribution in [0.25, 0.3) is 0 Å². The quantitative estimate of drug-likeness (QED) is 0.0577. The van der Waals surface area contributed by atoms with Gasteiger partial charge in [0.1, 0.15) is 42.9 Å². The molecule has 11 amide bonds. The van der Waals surface area contributed by atoms with E-state index in [1.54, 1.807) is 26.0 Å². The number of ketones is 2. The molecule has 3 aliphatic heterocycles. The highest BCUT2D eigenvalue weighted by atomic mass is 16.5. The lowest BCUT2D eigenvalue weighted by Gasteiger charge is -2.39. The van der Waals surface area contributed by atoms with E-state index in [4.69, 9.17) is 11.5 Å². The molecule has 3 heterocycles. The summed E-state index contributed by atoms with van der Waals surface area (Å²) in [4.78, 5) is 221. The summed E-state index contributed by atoms with van der Waals surface area (Å²) in [5, 5.41) is 39.3. The Morgan fingerprint density at radius 2 is 1.18 bits per heavy atom. The van der Waals surface area contributed by atoms with Crippen molar-refractivity contribution in [2.45, 2.75) is 179 Å². The molecule has 0 saturated carbocycles. The number of aryl methyl sites for hydroxylation is 5. The van der Waals surface area contributed by atoms with Crippen LogP contribution >= 0.6 is 0 Å². The number of rotatable bonds is 21. The van der Waals surface area contributed by atoms with Crippen molar-refractivity contribution in [1.82, 2.24) is 52.3 Å². The molecule has 0 bridgehead atoms. The lowest BCUT2D eigenvalue weighted by Crippen LogP contribution is -2.64. The van der Waals surface area contributed by atoms with Gasteiger partial charge in [0.2, 0.25) is 59.1 Å². The summed E-state index contributed by atoms with van der Waals surface area (Å²) in [6, 6.07) is 9.27. The van der Waals surface area contributed by atoms with E-state index in [0.717, 1.165) is 35.8 Å². The second-order valence-electron chi connectivity index (χ2n) is 26.7. The van der Waals surface area contributed by atoms with Crippen LogP contribution in [0.2, 0.25) is 0 Å². The molecular formula is C71H94N12O19. The number of carboxylic acids is 2. The fourth-order valence-corrected chi connectivity index (χ4v) is 12.4. The van der Waals surface area contributed by atoms with Crippen LogP contribution < -0.4 is 54.0 Å². The number of aliphatic carboxylic acids is 2. The second kappa shape index (κ2) is 38.4. The maximum absolute atomic E-state index is 15.5. The molecule has 0 spiro atoms. The zero-order valence-electron chi connectivity index (χ0n) is 58.1. The molecule has 31 heteroatoms. The highest BCUT2D eigenvalue weighted by Crippen LogP contribution is 2.27. The third kappa shape index (κ3) is 23.6. The number of ether oxygens (including phenoxy) is 1. The molecule has 3 aliphatic rings. The SMILES string of the molecule is Cc1ccc(CCc2ccc(CCc3ccc(C(=O)N[C@@H](CC(N)=O)C(=O)NC4C(=O)N5CCCC[C@@H]5C(=O)C[C@@H](C(C)C(=O)O)C(=O)N[C@@H](CC(=O)O)C(=O)NCC(=O)NC(COC=O)C(=O)NCC(=O)C[C@H](C(C)N)C(=O)N[C@@H](C(C)C)C(=O)N5CCC[C@H]5C(=O)N[C@@H]4C)cc3)cc2)cc1. The molecule has 0 aliphatic carbocycles. The molecule has 6 rings (SSSR count). The Hall–Kier alpha value is -10.5. The van der Waals surface area contributed by atoms with Crippen LogP contribution in [0.1, 0.15) is 131 Å². The van der Waals surface area contributed by atoms with E-state index < -0.39 is 212 Å². The topological polar surface area (TPSA) is 478 Å². The van der Waals surface area contributed by atoms with Gasteiger partial charge in [-0.05, 0) is 119 Å². The predicted molar refractivity (Wildman–Crippen MR) is 365 cm³/mol. The lowest BCUT2D eigenvalue weighted by atomic mass is 9.84. The normalized spacial score (nSPS) is 23.7. The first kappa shape index (κ1) is 80.5. The molecule has 14 N–H and O–H groups in total. The number of hydrogen-bond donors (Lipinski definition) is 12. The zero-order chi connectivity index (χ0) is 75.1. The Morgan fingerprint density at radius 1 is 0.637 bits per heavy atom. The number of nitrogens with two attached hydrogens (primary N) is 2. The Kier molecular flexibility index (Phi) is 30.3. The Bertz CT molecular complexity index is 3570. The van der Waals surface area contributed by atoms with E-state index in [-0.39, 0.29) is 57.2 Å². The van der Waals surface area contributed by atoms with Crippen LogP contribution in [0.3, 0.4) is 0 Å². The number of nitrogens with one attached hydrogen (secondary N) is 8. The van der Waals surface area contributed by atoms with Crippen molar-refractivity contribution in [3.05, 3.63) is 106 Å². The van der Waals surface area contributed by atoms with Gasteiger partial charge in [0.05, 0.1) is 55.8 Å². The molecule has 3 aromatic carbocycles. The van der Waals surface area contributed by atoms with Gasteiger partial charge in [-0.1, -0.05) is 87.0 Å². The van der Waals surface area contributed by atoms with Crippen LogP contribution in [0.4, 0.5) is 0 Å². The fraction of sp³-hybridized carbons (Fsp3) is 0.521. The highest BCUT2D eigenvalue weighted by Gasteiger charge is 2.45. The van der Waals surface area contributed by atoms with Gasteiger partial charge < -0.3 is 78.8 Å². The van der Waals surface area contributed by atoms with Crippen LogP contribution in [0.15, 0.2) is 72.8 Å². The largest absolute Gasteiger partial charge is 0.481 e. The molecule has 31 nitrogen and oxygen atoms in total. The van der Waals surface area contributed by atoms with E-state index in [2.05, 4.69) is 95.8 Å². The van der Waals surface area contributed by atoms with Gasteiger partial charge in [0.15, 0.2) is 11.6 Å². The molecule has 4 unspecified atom stereocenters. The van der Waals surface area contributed by atoms with E-state index in [1.807, 2.05) is 6.92 Å². The minimum atomic E-state index is -2.05. The number of fused-ring (bicyclic) bond motifs is 2. The number of nitrogens with zero attached hydrogens (tertiary/aromatic N) is 2. The number of benzene rings is 3. The molecular weight excluding hydrogens is 1320 g/mol. The summed E-state index contributed by atoms with van der Waals surface area (Å²) in [7, 11) is 0. The molecule has 3 saturated heterocycles. The number of amides is 11. The maximum Gasteiger partial charge on any atom is 0.307 e. The van der Waals surface area contributed by atoms with Crippen molar-refractivity contribution >= 4 is 95.0 Å². The van der Waals surface area contributed by atoms with Crippen LogP contribution in [0.5, 0.6) is 0 Å². The van der Waals surface area contributed by atoms with Gasteiger partial charge in [-0.25, -0.2) is 0 Å². The smallest absolute Gasteiger partial charge is 0.307 e. The van der Waals surface area contributed by atoms with Crippen molar-refractivity contribution in [3.8, 4) is 0 Å². The Labute approximate surface area is 590 Å². The van der Waals surface area contributed by atoms with Crippen molar-refractivity contribution in [1.29, 1.82) is 0 Å². The zero-order valence-corrected chi connectivity index (χ0v) is 58.1. The molecule has 3 aromatic rings. The molecule has 0 aromatic heterocycles. The average molecular weight is 1420 g/mol. The summed E-state index contributed by atoms with van der Waals surface area (Å²) in [5.41, 5.74) is 17.6. The molecule has 102 heavy (non-hydrogen) atoms. The standard InChI is InChI=1S/C71H94N12O19/c1-38(2)60-69(98)83-29-9-11-55(83)68(97)76-42(6)61(81-67(96)51(32-57(73)87)78-62(91)47-26-24-46(25-27-47)23-22-45-20-18-44(19-21-45)17-16-43-14-12-39(3)13-15-43)70(99)82-28-8-7-10-54(82)56(86)31-49(40(4)71(100)101)63(92)79-52(33-59(89)90)65(94)75-35-58(88)77-53(36-102-37-84)66(95)74-34-48(85)30-50(41(5)72)64(93)80-60/h12-15,18-21,24-27,37-38,40-42,49-55,60-61H,7-11,16-17,22-23,28-36,72H2,1-6H3,(H2,73,87)(H,74,95)(H,75,94)(H,76,97)(H,77,88)(H,78,91)(H,79,92)(H,80,93)(H,81,96)(H,89,90)(H,100,101)/t40?,41?,42-,49+,50-,51+,52+,53?,54-,55+,60+,61?/m1/s1. The Morgan fingerprint density at radius 3 is 1.74 bits per heavy atom. The summed E-state index contributed by atoms with van der Waals surface area (Å²) < 4.78 is 4.69. The monoisotopic (exact) mass is 1420 g/mol. The minimum absolute atomic E-state index is 0.0104. The molecule has 552 valence electrons. The number of carboxylic acid groups (broad SMARTS) is 2. The predicted octanol–water partition coefficient (Wildman–Crippen LogP) is -0.876. The highest BCUT2D eigenvalue weighted by molar-refractivity contribution is 6.02. The summed E-state index contributed by atoms with van der Waals surface area (Å²) in [5.74, 6) is -22.0. The van der Waals surface area contributed by atoms with Gasteiger partial charge in [0.25, 0.3) is 12.4 Å². The van der Waals surface area contributed by atoms with Crippen molar-refractivity contribution in [2.24, 2.45) is 35.1 Å². The van der Waals surface area contributed by atoms with E-state index >= 15 is 4.79 Å². The van der Waals surface area contributed by atoms with Crippen molar-refractivity contribution in [2.75, 3.05) is 32.8 Å². The first-order valence-electron chi connectivity index (χ1n) is 34.1. The van der Waals surface area contributed by atoms with Crippen LogP contribution in [0, 0.1) is 30.6 Å². The number of carbonyl (C=O) groups is 16. The van der Waals surface area contributed by atoms with Gasteiger partial charge in [-0.3, -0.25) is 76.7 Å². The number of primary amides is 1. The second-order valence-corrected chi connectivity index (χ2v) is 26.7. The summed E-state index contributed by atoms with van der Waals surface area (Å²) in [6.45, 7) is 6.18. The van der Waals surface area contributed by atoms with E-state index in [0.29, 0.717) is 12.8 Å². The van der Waals surface area contributed by atoms with Gasteiger partial charge in [-0.15, -0.1) is 0 Å². The fourth-order valence-electron chi connectivity index (χ4n) is 12.4. The van der Waals surface area contributed by atoms with Crippen LogP contribution in [-0.2, 0) is 102 Å². The third-order valence-corrected chi connectivity index (χ3v) is 18.5. The van der Waals surface area contributed by atoms with E-state index in [9.17, 15) is 82.1 Å². The molecule has 3 fully saturated rings. The van der Waals surface area contributed by atoms with Crippen LogP contribution in [-0.4, -0.2) is 202 Å². The molecule has 12 atom stereocenters. The third-order valence-electron chi connectivity index (χ3n) is 18.5. The van der Waals surface area contributed by atoms with E-state index in [1.165, 1.54) is 47.6 Å². The number of carbonyl (C=O) groups excluding carboxylic acids is 14. The summed E-state index contributed by atoms with van der Waals surface area (Å²) >= 11 is 0.